The second-order valence-electron chi connectivity index (χ2n) is 6.96. The van der Waals surface area contributed by atoms with Crippen LogP contribution in [-0.4, -0.2) is 56.9 Å². The minimum absolute atomic E-state index is 0.204. The summed E-state index contributed by atoms with van der Waals surface area (Å²) in [6.07, 6.45) is 3.44. The smallest absolute Gasteiger partial charge is 0.338 e. The highest BCUT2D eigenvalue weighted by Gasteiger charge is 2.27. The molecule has 6 heteroatoms. The Labute approximate surface area is 156 Å². The quantitative estimate of drug-likeness (QED) is 0.689. The van der Waals surface area contributed by atoms with Crippen LogP contribution in [0.15, 0.2) is 12.1 Å². The zero-order chi connectivity index (χ0) is 19.3. The van der Waals surface area contributed by atoms with Gasteiger partial charge < -0.3 is 18.9 Å². The molecular weight excluding hydrogens is 334 g/mol. The summed E-state index contributed by atoms with van der Waals surface area (Å²) < 4.78 is 21.6. The van der Waals surface area contributed by atoms with Crippen molar-refractivity contribution >= 4 is 5.97 Å². The lowest BCUT2D eigenvalue weighted by Gasteiger charge is -2.40. The van der Waals surface area contributed by atoms with E-state index in [1.807, 2.05) is 6.92 Å². The van der Waals surface area contributed by atoms with Crippen LogP contribution in [0.4, 0.5) is 0 Å². The molecule has 3 atom stereocenters. The Morgan fingerprint density at radius 2 is 1.62 bits per heavy atom. The number of carbonyl (C=O) groups is 1. The number of benzene rings is 1. The van der Waals surface area contributed by atoms with Crippen molar-refractivity contribution in [3.05, 3.63) is 17.7 Å². The molecule has 1 heterocycles. The number of likely N-dealkylation sites (tertiary alicyclic amines) is 1. The van der Waals surface area contributed by atoms with E-state index in [0.29, 0.717) is 34.9 Å². The van der Waals surface area contributed by atoms with E-state index in [0.717, 1.165) is 6.54 Å². The Morgan fingerprint density at radius 1 is 1.08 bits per heavy atom. The molecule has 0 spiro atoms. The van der Waals surface area contributed by atoms with Crippen LogP contribution in [0.25, 0.3) is 0 Å². The molecule has 0 aromatic heterocycles. The number of piperidine rings is 1. The average Bonchev–Trinajstić information content (AvgIpc) is 2.63. The maximum absolute atomic E-state index is 12.6. The van der Waals surface area contributed by atoms with Gasteiger partial charge in [-0.1, -0.05) is 6.42 Å². The molecule has 1 aliphatic rings. The summed E-state index contributed by atoms with van der Waals surface area (Å²) in [4.78, 5) is 15.0. The topological polar surface area (TPSA) is 57.2 Å². The van der Waals surface area contributed by atoms with Crippen molar-refractivity contribution in [3.8, 4) is 17.2 Å². The van der Waals surface area contributed by atoms with Crippen LogP contribution in [0.2, 0.25) is 0 Å². The first-order valence-electron chi connectivity index (χ1n) is 9.18. The van der Waals surface area contributed by atoms with E-state index in [9.17, 15) is 4.79 Å². The number of esters is 1. The second-order valence-corrected chi connectivity index (χ2v) is 6.96. The predicted molar refractivity (Wildman–Crippen MR) is 100 cm³/mol. The summed E-state index contributed by atoms with van der Waals surface area (Å²) >= 11 is 0. The van der Waals surface area contributed by atoms with Gasteiger partial charge in [0.1, 0.15) is 6.10 Å². The lowest BCUT2D eigenvalue weighted by atomic mass is 9.97. The molecule has 146 valence electrons. The van der Waals surface area contributed by atoms with Crippen molar-refractivity contribution in [1.29, 1.82) is 0 Å². The van der Waals surface area contributed by atoms with E-state index in [-0.39, 0.29) is 6.10 Å². The van der Waals surface area contributed by atoms with E-state index in [4.69, 9.17) is 18.9 Å². The fraction of sp³-hybridized carbons (Fsp3) is 0.650. The SMILES string of the molecule is COc1cc(C(=O)O[C@@H](C)CN2[C@H](C)CCC[C@@H]2C)cc(OC)c1OC. The molecular formula is C20H31NO5. The molecule has 6 nitrogen and oxygen atoms in total. The molecule has 0 bridgehead atoms. The van der Waals surface area contributed by atoms with Crippen LogP contribution in [-0.2, 0) is 4.74 Å². The minimum atomic E-state index is -0.394. The first-order chi connectivity index (χ1) is 12.4. The fourth-order valence-electron chi connectivity index (χ4n) is 3.62. The first kappa shape index (κ1) is 20.4. The van der Waals surface area contributed by atoms with Crippen LogP contribution in [0.5, 0.6) is 17.2 Å². The summed E-state index contributed by atoms with van der Waals surface area (Å²) in [5, 5.41) is 0. The summed E-state index contributed by atoms with van der Waals surface area (Å²) in [5.74, 6) is 0.930. The van der Waals surface area contributed by atoms with Gasteiger partial charge in [-0.3, -0.25) is 4.90 Å². The van der Waals surface area contributed by atoms with Crippen molar-refractivity contribution in [3.63, 3.8) is 0 Å². The molecule has 1 saturated heterocycles. The van der Waals surface area contributed by atoms with Gasteiger partial charge in [-0.25, -0.2) is 4.79 Å². The Morgan fingerprint density at radius 3 is 2.08 bits per heavy atom. The highest BCUT2D eigenvalue weighted by Crippen LogP contribution is 2.38. The van der Waals surface area contributed by atoms with Crippen LogP contribution in [0, 0.1) is 0 Å². The number of methoxy groups -OCH3 is 3. The Hall–Kier alpha value is -1.95. The summed E-state index contributed by atoms with van der Waals surface area (Å²) in [5.41, 5.74) is 0.381. The minimum Gasteiger partial charge on any atom is -0.493 e. The molecule has 0 unspecified atom stereocenters. The Bertz CT molecular complexity index is 583. The predicted octanol–water partition coefficient (Wildman–Crippen LogP) is 3.52. The lowest BCUT2D eigenvalue weighted by molar-refractivity contribution is 0.00806. The third kappa shape index (κ3) is 4.61. The summed E-state index contributed by atoms with van der Waals surface area (Å²) in [6.45, 7) is 7.15. The molecule has 1 aromatic rings. The van der Waals surface area contributed by atoms with Crippen LogP contribution < -0.4 is 14.2 Å². The number of hydrogen-bond acceptors (Lipinski definition) is 6. The third-order valence-electron chi connectivity index (χ3n) is 5.05. The summed E-state index contributed by atoms with van der Waals surface area (Å²) in [6, 6.07) is 4.26. The van der Waals surface area contributed by atoms with Crippen molar-refractivity contribution in [2.45, 2.75) is 58.2 Å². The molecule has 1 aromatic carbocycles. The van der Waals surface area contributed by atoms with Crippen molar-refractivity contribution in [2.75, 3.05) is 27.9 Å². The molecule has 1 aliphatic heterocycles. The van der Waals surface area contributed by atoms with E-state index >= 15 is 0 Å². The molecule has 2 rings (SSSR count). The second kappa shape index (κ2) is 9.12. The maximum Gasteiger partial charge on any atom is 0.338 e. The molecule has 1 fully saturated rings. The summed E-state index contributed by atoms with van der Waals surface area (Å²) in [7, 11) is 4.57. The normalized spacial score (nSPS) is 21.8. The van der Waals surface area contributed by atoms with E-state index < -0.39 is 5.97 Å². The first-order valence-corrected chi connectivity index (χ1v) is 9.18. The van der Waals surface area contributed by atoms with Gasteiger partial charge in [0.15, 0.2) is 11.5 Å². The number of nitrogens with zero attached hydrogens (tertiary/aromatic N) is 1. The Kier molecular flexibility index (Phi) is 7.14. The van der Waals surface area contributed by atoms with E-state index in [2.05, 4.69) is 18.7 Å². The molecule has 0 amide bonds. The number of carbonyl (C=O) groups excluding carboxylic acids is 1. The number of rotatable bonds is 7. The standard InChI is InChI=1S/C20H31NO5/c1-13-8-7-9-14(2)21(13)12-15(3)26-20(22)16-10-17(23-4)19(25-6)18(11-16)24-5/h10-11,13-15H,7-9,12H2,1-6H3/t13-,14+,15-/m0/s1. The largest absolute Gasteiger partial charge is 0.493 e. The average molecular weight is 365 g/mol. The van der Waals surface area contributed by atoms with Gasteiger partial charge in [0, 0.05) is 18.6 Å². The molecule has 0 saturated carbocycles. The van der Waals surface area contributed by atoms with Gasteiger partial charge in [-0.2, -0.15) is 0 Å². The van der Waals surface area contributed by atoms with Gasteiger partial charge >= 0.3 is 5.97 Å². The molecule has 0 radical (unpaired) electrons. The van der Waals surface area contributed by atoms with Crippen LogP contribution >= 0.6 is 0 Å². The molecule has 0 N–H and O–H groups in total. The number of ether oxygens (including phenoxy) is 4. The highest BCUT2D eigenvalue weighted by molar-refractivity contribution is 5.91. The van der Waals surface area contributed by atoms with Crippen molar-refractivity contribution in [1.82, 2.24) is 4.90 Å². The lowest BCUT2D eigenvalue weighted by Crippen LogP contribution is -2.47. The monoisotopic (exact) mass is 365 g/mol. The van der Waals surface area contributed by atoms with Gasteiger partial charge in [0.05, 0.1) is 26.9 Å². The highest BCUT2D eigenvalue weighted by atomic mass is 16.5. The van der Waals surface area contributed by atoms with Gasteiger partial charge in [-0.05, 0) is 45.7 Å². The molecule has 0 aliphatic carbocycles. The maximum atomic E-state index is 12.6. The zero-order valence-corrected chi connectivity index (χ0v) is 16.7. The van der Waals surface area contributed by atoms with Gasteiger partial charge in [0.25, 0.3) is 0 Å². The fourth-order valence-corrected chi connectivity index (χ4v) is 3.62. The van der Waals surface area contributed by atoms with Crippen LogP contribution in [0.3, 0.4) is 0 Å². The molecule has 26 heavy (non-hydrogen) atoms. The van der Waals surface area contributed by atoms with E-state index in [1.54, 1.807) is 12.1 Å². The third-order valence-corrected chi connectivity index (χ3v) is 5.05. The van der Waals surface area contributed by atoms with E-state index in [1.165, 1.54) is 40.6 Å². The van der Waals surface area contributed by atoms with Crippen LogP contribution in [0.1, 0.15) is 50.4 Å². The van der Waals surface area contributed by atoms with Crippen molar-refractivity contribution < 1.29 is 23.7 Å². The van der Waals surface area contributed by atoms with Gasteiger partial charge in [0.2, 0.25) is 5.75 Å². The Balaban J connectivity index is 2.09. The number of hydrogen-bond donors (Lipinski definition) is 0. The van der Waals surface area contributed by atoms with Crippen molar-refractivity contribution in [2.24, 2.45) is 0 Å². The zero-order valence-electron chi connectivity index (χ0n) is 16.7. The van der Waals surface area contributed by atoms with Gasteiger partial charge in [-0.15, -0.1) is 0 Å².